The third-order valence-corrected chi connectivity index (χ3v) is 2.47. The molecule has 0 fully saturated rings. The highest BCUT2D eigenvalue weighted by atomic mass is 35.5. The Kier molecular flexibility index (Phi) is 4.14. The SMILES string of the molecule is CCC(CCl)Nc1nc(C)cnc1C. The fourth-order valence-corrected chi connectivity index (χ4v) is 1.41. The lowest BCUT2D eigenvalue weighted by molar-refractivity contribution is 0.761. The molecular weight excluding hydrogens is 198 g/mol. The molecule has 0 radical (unpaired) electrons. The zero-order chi connectivity index (χ0) is 10.6. The summed E-state index contributed by atoms with van der Waals surface area (Å²) < 4.78 is 0. The quantitative estimate of drug-likeness (QED) is 0.782. The van der Waals surface area contributed by atoms with Crippen LogP contribution < -0.4 is 5.32 Å². The van der Waals surface area contributed by atoms with Crippen LogP contribution in [0.3, 0.4) is 0 Å². The van der Waals surface area contributed by atoms with Gasteiger partial charge in [-0.05, 0) is 20.3 Å². The van der Waals surface area contributed by atoms with E-state index in [1.54, 1.807) is 6.20 Å². The molecule has 1 N–H and O–H groups in total. The van der Waals surface area contributed by atoms with Crippen molar-refractivity contribution in [2.45, 2.75) is 33.2 Å². The molecule has 4 heteroatoms. The maximum atomic E-state index is 5.80. The normalized spacial score (nSPS) is 12.6. The van der Waals surface area contributed by atoms with Crippen LogP contribution >= 0.6 is 11.6 Å². The van der Waals surface area contributed by atoms with Crippen molar-refractivity contribution in [3.63, 3.8) is 0 Å². The molecule has 78 valence electrons. The number of hydrogen-bond acceptors (Lipinski definition) is 3. The predicted octanol–water partition coefficient (Wildman–Crippen LogP) is 2.52. The third kappa shape index (κ3) is 2.84. The fraction of sp³-hybridized carbons (Fsp3) is 0.600. The number of nitrogens with one attached hydrogen (secondary N) is 1. The number of rotatable bonds is 4. The first kappa shape index (κ1) is 11.2. The molecule has 1 aromatic rings. The average molecular weight is 214 g/mol. The van der Waals surface area contributed by atoms with Gasteiger partial charge in [-0.3, -0.25) is 4.98 Å². The Morgan fingerprint density at radius 2 is 2.21 bits per heavy atom. The van der Waals surface area contributed by atoms with Crippen LogP contribution in [0.4, 0.5) is 5.82 Å². The van der Waals surface area contributed by atoms with E-state index < -0.39 is 0 Å². The van der Waals surface area contributed by atoms with E-state index in [-0.39, 0.29) is 6.04 Å². The van der Waals surface area contributed by atoms with Crippen LogP contribution in [0, 0.1) is 13.8 Å². The Morgan fingerprint density at radius 1 is 1.50 bits per heavy atom. The summed E-state index contributed by atoms with van der Waals surface area (Å²) in [7, 11) is 0. The Morgan fingerprint density at radius 3 is 2.79 bits per heavy atom. The van der Waals surface area contributed by atoms with E-state index in [0.717, 1.165) is 23.6 Å². The molecule has 0 spiro atoms. The number of anilines is 1. The summed E-state index contributed by atoms with van der Waals surface area (Å²) in [6, 6.07) is 0.270. The summed E-state index contributed by atoms with van der Waals surface area (Å²) in [6.45, 7) is 5.97. The Bertz CT molecular complexity index is 297. The highest BCUT2D eigenvalue weighted by molar-refractivity contribution is 6.18. The number of alkyl halides is 1. The Hall–Kier alpha value is -0.830. The van der Waals surface area contributed by atoms with Crippen molar-refractivity contribution in [2.75, 3.05) is 11.2 Å². The van der Waals surface area contributed by atoms with Crippen LogP contribution in [0.5, 0.6) is 0 Å². The van der Waals surface area contributed by atoms with Gasteiger partial charge in [0, 0.05) is 18.1 Å². The molecule has 1 heterocycles. The molecule has 0 amide bonds. The van der Waals surface area contributed by atoms with E-state index in [4.69, 9.17) is 11.6 Å². The van der Waals surface area contributed by atoms with E-state index in [1.165, 1.54) is 0 Å². The second-order valence-electron chi connectivity index (χ2n) is 3.35. The first-order valence-electron chi connectivity index (χ1n) is 4.80. The van der Waals surface area contributed by atoms with Crippen LogP contribution in [-0.2, 0) is 0 Å². The standard InChI is InChI=1S/C10H16ClN3/c1-4-9(5-11)14-10-8(3)12-6-7(2)13-10/h6,9H,4-5H2,1-3H3,(H,13,14). The minimum atomic E-state index is 0.270. The number of aryl methyl sites for hydroxylation is 2. The van der Waals surface area contributed by atoms with Gasteiger partial charge in [0.15, 0.2) is 0 Å². The molecule has 1 unspecified atom stereocenters. The van der Waals surface area contributed by atoms with Crippen molar-refractivity contribution in [2.24, 2.45) is 0 Å². The van der Waals surface area contributed by atoms with E-state index in [1.807, 2.05) is 13.8 Å². The van der Waals surface area contributed by atoms with Crippen LogP contribution in [0.1, 0.15) is 24.7 Å². The maximum absolute atomic E-state index is 5.80. The Labute approximate surface area is 89.9 Å². The van der Waals surface area contributed by atoms with E-state index in [0.29, 0.717) is 5.88 Å². The summed E-state index contributed by atoms with van der Waals surface area (Å²) in [5.41, 5.74) is 1.83. The van der Waals surface area contributed by atoms with Gasteiger partial charge in [-0.25, -0.2) is 4.98 Å². The van der Waals surface area contributed by atoms with Gasteiger partial charge in [-0.1, -0.05) is 6.92 Å². The molecule has 1 rings (SSSR count). The first-order chi connectivity index (χ1) is 6.67. The monoisotopic (exact) mass is 213 g/mol. The highest BCUT2D eigenvalue weighted by Crippen LogP contribution is 2.11. The van der Waals surface area contributed by atoms with Crippen LogP contribution in [0.25, 0.3) is 0 Å². The van der Waals surface area contributed by atoms with Gasteiger partial charge in [-0.2, -0.15) is 0 Å². The highest BCUT2D eigenvalue weighted by Gasteiger charge is 2.07. The zero-order valence-electron chi connectivity index (χ0n) is 8.84. The molecule has 3 nitrogen and oxygen atoms in total. The molecule has 0 aliphatic carbocycles. The summed E-state index contributed by atoms with van der Waals surface area (Å²) >= 11 is 5.80. The molecular formula is C10H16ClN3. The molecule has 0 saturated heterocycles. The lowest BCUT2D eigenvalue weighted by Crippen LogP contribution is -2.21. The zero-order valence-corrected chi connectivity index (χ0v) is 9.60. The average Bonchev–Trinajstić information content (AvgIpc) is 2.19. The van der Waals surface area contributed by atoms with Crippen molar-refractivity contribution in [3.05, 3.63) is 17.6 Å². The summed E-state index contributed by atoms with van der Waals surface area (Å²) in [6.07, 6.45) is 2.75. The van der Waals surface area contributed by atoms with Crippen molar-refractivity contribution in [3.8, 4) is 0 Å². The van der Waals surface area contributed by atoms with Crippen LogP contribution in [0.2, 0.25) is 0 Å². The maximum Gasteiger partial charge on any atom is 0.148 e. The summed E-state index contributed by atoms with van der Waals surface area (Å²) in [4.78, 5) is 8.61. The molecule has 0 bridgehead atoms. The second kappa shape index (κ2) is 5.15. The van der Waals surface area contributed by atoms with Gasteiger partial charge >= 0.3 is 0 Å². The third-order valence-electron chi connectivity index (χ3n) is 2.10. The number of halogens is 1. The lowest BCUT2D eigenvalue weighted by Gasteiger charge is -2.15. The molecule has 0 aromatic carbocycles. The number of nitrogens with zero attached hydrogens (tertiary/aromatic N) is 2. The molecule has 0 aliphatic rings. The predicted molar refractivity (Wildman–Crippen MR) is 59.9 cm³/mol. The topological polar surface area (TPSA) is 37.8 Å². The molecule has 14 heavy (non-hydrogen) atoms. The lowest BCUT2D eigenvalue weighted by atomic mass is 10.2. The van der Waals surface area contributed by atoms with Gasteiger partial charge in [0.2, 0.25) is 0 Å². The van der Waals surface area contributed by atoms with Gasteiger partial charge in [0.05, 0.1) is 11.4 Å². The first-order valence-corrected chi connectivity index (χ1v) is 5.33. The van der Waals surface area contributed by atoms with Gasteiger partial charge in [0.25, 0.3) is 0 Å². The van der Waals surface area contributed by atoms with Crippen LogP contribution in [-0.4, -0.2) is 21.9 Å². The van der Waals surface area contributed by atoms with Crippen molar-refractivity contribution in [1.82, 2.24) is 9.97 Å². The fourth-order valence-electron chi connectivity index (χ4n) is 1.12. The van der Waals surface area contributed by atoms with Crippen molar-refractivity contribution in [1.29, 1.82) is 0 Å². The second-order valence-corrected chi connectivity index (χ2v) is 3.66. The van der Waals surface area contributed by atoms with Gasteiger partial charge in [0.1, 0.15) is 5.82 Å². The van der Waals surface area contributed by atoms with Crippen LogP contribution in [0.15, 0.2) is 6.20 Å². The number of hydrogen-bond donors (Lipinski definition) is 1. The molecule has 0 saturated carbocycles. The van der Waals surface area contributed by atoms with Crippen molar-refractivity contribution < 1.29 is 0 Å². The van der Waals surface area contributed by atoms with Gasteiger partial charge in [-0.15, -0.1) is 11.6 Å². The summed E-state index contributed by atoms with van der Waals surface area (Å²) in [5, 5.41) is 3.28. The molecule has 1 aromatic heterocycles. The van der Waals surface area contributed by atoms with E-state index >= 15 is 0 Å². The molecule has 1 atom stereocenters. The minimum absolute atomic E-state index is 0.270. The van der Waals surface area contributed by atoms with Crippen molar-refractivity contribution >= 4 is 17.4 Å². The van der Waals surface area contributed by atoms with E-state index in [2.05, 4.69) is 22.2 Å². The Balaban J connectivity index is 2.79. The molecule has 0 aliphatic heterocycles. The van der Waals surface area contributed by atoms with E-state index in [9.17, 15) is 0 Å². The summed E-state index contributed by atoms with van der Waals surface area (Å²) in [5.74, 6) is 1.43. The van der Waals surface area contributed by atoms with Gasteiger partial charge < -0.3 is 5.32 Å². The minimum Gasteiger partial charge on any atom is -0.365 e. The smallest absolute Gasteiger partial charge is 0.148 e. The largest absolute Gasteiger partial charge is 0.365 e. The number of aromatic nitrogens is 2.